The SMILES string of the molecule is Cc1cccc(N=Cc2cc(C(C)(C)C)cc(Cn3cc[n+](C)c3)c2O)c1-c1c(C)cccc1N=Cc1cc(C(C)(C)C)cc(Cn2cc[n+](C)c2)c1O. The fraction of sp³-hybridized carbons (Fsp3) is 0.304. The quantitative estimate of drug-likeness (QED) is 0.116. The predicted molar refractivity (Wildman–Crippen MR) is 219 cm³/mol. The van der Waals surface area contributed by atoms with E-state index in [0.29, 0.717) is 24.2 Å². The lowest BCUT2D eigenvalue weighted by molar-refractivity contribution is -0.671. The van der Waals surface area contributed by atoms with Crippen LogP contribution in [0.3, 0.4) is 0 Å². The Bertz CT molecular complexity index is 2210. The van der Waals surface area contributed by atoms with Gasteiger partial charge in [-0.3, -0.25) is 9.98 Å². The summed E-state index contributed by atoms with van der Waals surface area (Å²) in [5.41, 5.74) is 10.6. The summed E-state index contributed by atoms with van der Waals surface area (Å²) in [5, 5.41) is 23.1. The molecule has 0 amide bonds. The number of hydrogen-bond donors (Lipinski definition) is 2. The van der Waals surface area contributed by atoms with Gasteiger partial charge in [0, 0.05) is 45.8 Å². The number of phenolic OH excluding ortho intramolecular Hbond substituents is 2. The third-order valence-corrected chi connectivity index (χ3v) is 9.96. The van der Waals surface area contributed by atoms with E-state index in [4.69, 9.17) is 9.98 Å². The standard InChI is InChI=1S/C46H52N6O2/c1-31-13-11-15-39(47-25-33-21-37(45(3,4)5)23-35(43(33)53)27-51-19-17-49(9)29-51)41(31)42-32(2)14-12-16-40(42)48-26-34-22-38(46(6,7)8)24-36(44(34)54)28-52-20-18-50(10)30-52/h11-26,29-30H,27-28H2,1-10H3/p+2. The van der Waals surface area contributed by atoms with Crippen LogP contribution in [0.4, 0.5) is 11.4 Å². The lowest BCUT2D eigenvalue weighted by Gasteiger charge is -2.21. The molecule has 0 radical (unpaired) electrons. The molecule has 0 saturated heterocycles. The maximum Gasteiger partial charge on any atom is 0.243 e. The summed E-state index contributed by atoms with van der Waals surface area (Å²) in [5.74, 6) is 0.446. The van der Waals surface area contributed by atoms with E-state index in [1.54, 1.807) is 12.4 Å². The van der Waals surface area contributed by atoms with Crippen LogP contribution in [0, 0.1) is 13.8 Å². The number of benzene rings is 4. The summed E-state index contributed by atoms with van der Waals surface area (Å²) in [6.45, 7) is 18.3. The molecule has 6 rings (SSSR count). The Morgan fingerprint density at radius 1 is 0.611 bits per heavy atom. The number of hydrogen-bond acceptors (Lipinski definition) is 4. The number of aromatic hydroxyl groups is 2. The van der Waals surface area contributed by atoms with Gasteiger partial charge in [0.1, 0.15) is 49.4 Å². The zero-order chi connectivity index (χ0) is 38.9. The number of aromatic nitrogens is 4. The van der Waals surface area contributed by atoms with E-state index in [0.717, 1.165) is 55.9 Å². The number of aryl methyl sites for hydroxylation is 4. The number of imidazole rings is 2. The maximum atomic E-state index is 11.6. The molecule has 0 spiro atoms. The van der Waals surface area contributed by atoms with Crippen LogP contribution >= 0.6 is 0 Å². The first-order valence-electron chi connectivity index (χ1n) is 18.5. The second kappa shape index (κ2) is 14.9. The van der Waals surface area contributed by atoms with Gasteiger partial charge in [0.05, 0.1) is 25.5 Å². The number of nitrogens with zero attached hydrogens (tertiary/aromatic N) is 6. The van der Waals surface area contributed by atoms with Crippen molar-refractivity contribution >= 4 is 23.8 Å². The summed E-state index contributed by atoms with van der Waals surface area (Å²) < 4.78 is 8.10. The zero-order valence-electron chi connectivity index (χ0n) is 33.4. The van der Waals surface area contributed by atoms with Crippen molar-refractivity contribution in [1.29, 1.82) is 0 Å². The van der Waals surface area contributed by atoms with Gasteiger partial charge in [-0.25, -0.2) is 18.3 Å². The molecule has 2 heterocycles. The zero-order valence-corrected chi connectivity index (χ0v) is 33.4. The van der Waals surface area contributed by atoms with Crippen LogP contribution in [0.2, 0.25) is 0 Å². The van der Waals surface area contributed by atoms with Gasteiger partial charge in [0.2, 0.25) is 12.7 Å². The Morgan fingerprint density at radius 2 is 1.00 bits per heavy atom. The first-order chi connectivity index (χ1) is 25.5. The average molecular weight is 723 g/mol. The first kappa shape index (κ1) is 38.0. The van der Waals surface area contributed by atoms with E-state index in [2.05, 4.69) is 88.8 Å². The molecule has 278 valence electrons. The van der Waals surface area contributed by atoms with Crippen molar-refractivity contribution in [3.05, 3.63) is 143 Å². The molecule has 0 unspecified atom stereocenters. The van der Waals surface area contributed by atoms with Crippen molar-refractivity contribution in [2.45, 2.75) is 79.3 Å². The summed E-state index contributed by atoms with van der Waals surface area (Å²) in [6, 6.07) is 20.5. The van der Waals surface area contributed by atoms with Gasteiger partial charge in [-0.05, 0) is 83.3 Å². The van der Waals surface area contributed by atoms with Gasteiger partial charge in [-0.15, -0.1) is 0 Å². The highest BCUT2D eigenvalue weighted by atomic mass is 16.3. The molecule has 4 aromatic carbocycles. The lowest BCUT2D eigenvalue weighted by Crippen LogP contribution is -2.23. The van der Waals surface area contributed by atoms with Crippen LogP contribution in [-0.2, 0) is 38.0 Å². The second-order valence-corrected chi connectivity index (χ2v) is 16.6. The lowest BCUT2D eigenvalue weighted by atomic mass is 9.84. The smallest absolute Gasteiger partial charge is 0.243 e. The van der Waals surface area contributed by atoms with E-state index < -0.39 is 0 Å². The highest BCUT2D eigenvalue weighted by Gasteiger charge is 2.22. The largest absolute Gasteiger partial charge is 0.507 e. The molecule has 0 saturated carbocycles. The van der Waals surface area contributed by atoms with Gasteiger partial charge < -0.3 is 10.2 Å². The highest BCUT2D eigenvalue weighted by molar-refractivity contribution is 5.95. The Morgan fingerprint density at radius 3 is 1.33 bits per heavy atom. The van der Waals surface area contributed by atoms with Crippen molar-refractivity contribution in [2.24, 2.45) is 24.1 Å². The molecule has 8 heteroatoms. The fourth-order valence-electron chi connectivity index (χ4n) is 6.77. The molecule has 8 nitrogen and oxygen atoms in total. The second-order valence-electron chi connectivity index (χ2n) is 16.6. The number of rotatable bonds is 9. The van der Waals surface area contributed by atoms with Crippen molar-refractivity contribution in [2.75, 3.05) is 0 Å². The minimum Gasteiger partial charge on any atom is -0.507 e. The first-order valence-corrected chi connectivity index (χ1v) is 18.5. The van der Waals surface area contributed by atoms with Gasteiger partial charge in [-0.1, -0.05) is 65.8 Å². The molecule has 2 aromatic heterocycles. The van der Waals surface area contributed by atoms with Crippen LogP contribution in [-0.4, -0.2) is 31.8 Å². The van der Waals surface area contributed by atoms with Crippen LogP contribution in [0.15, 0.2) is 108 Å². The van der Waals surface area contributed by atoms with Crippen molar-refractivity contribution < 1.29 is 19.3 Å². The third kappa shape index (κ3) is 8.38. The molecule has 0 aliphatic heterocycles. The van der Waals surface area contributed by atoms with Gasteiger partial charge in [0.25, 0.3) is 0 Å². The van der Waals surface area contributed by atoms with Gasteiger partial charge in [0.15, 0.2) is 0 Å². The summed E-state index contributed by atoms with van der Waals surface area (Å²) >= 11 is 0. The molecule has 54 heavy (non-hydrogen) atoms. The Labute approximate surface area is 320 Å². The predicted octanol–water partition coefficient (Wildman–Crippen LogP) is 8.83. The van der Waals surface area contributed by atoms with E-state index in [1.165, 1.54) is 0 Å². The van der Waals surface area contributed by atoms with Crippen LogP contribution in [0.5, 0.6) is 11.5 Å². The molecular formula is C46H54N6O2+2. The Hall–Kier alpha value is -5.76. The monoisotopic (exact) mass is 722 g/mol. The van der Waals surface area contributed by atoms with E-state index in [9.17, 15) is 10.2 Å². The van der Waals surface area contributed by atoms with Crippen molar-refractivity contribution in [3.8, 4) is 22.6 Å². The van der Waals surface area contributed by atoms with E-state index >= 15 is 0 Å². The topological polar surface area (TPSA) is 82.8 Å². The van der Waals surface area contributed by atoms with Crippen LogP contribution in [0.1, 0.15) is 86.1 Å². The molecule has 2 N–H and O–H groups in total. The minimum absolute atomic E-state index is 0.128. The van der Waals surface area contributed by atoms with Crippen LogP contribution in [0.25, 0.3) is 11.1 Å². The van der Waals surface area contributed by atoms with Gasteiger partial charge >= 0.3 is 0 Å². The van der Waals surface area contributed by atoms with Crippen molar-refractivity contribution in [1.82, 2.24) is 9.13 Å². The summed E-state index contributed by atoms with van der Waals surface area (Å²) in [7, 11) is 3.97. The Kier molecular flexibility index (Phi) is 10.5. The fourth-order valence-corrected chi connectivity index (χ4v) is 6.77. The van der Waals surface area contributed by atoms with E-state index in [1.807, 2.05) is 97.1 Å². The van der Waals surface area contributed by atoms with Crippen LogP contribution < -0.4 is 9.13 Å². The third-order valence-electron chi connectivity index (χ3n) is 9.96. The number of aliphatic imine (C=N–C) groups is 2. The van der Waals surface area contributed by atoms with Crippen molar-refractivity contribution in [3.63, 3.8) is 0 Å². The average Bonchev–Trinajstić information content (AvgIpc) is 3.71. The van der Waals surface area contributed by atoms with Gasteiger partial charge in [-0.2, -0.15) is 0 Å². The Balaban J connectivity index is 1.42. The number of phenols is 2. The highest BCUT2D eigenvalue weighted by Crippen LogP contribution is 2.42. The molecular weight excluding hydrogens is 669 g/mol. The molecule has 0 bridgehead atoms. The molecule has 0 fully saturated rings. The summed E-state index contributed by atoms with van der Waals surface area (Å²) in [4.78, 5) is 10.1. The normalized spacial score (nSPS) is 12.4. The van der Waals surface area contributed by atoms with E-state index in [-0.39, 0.29) is 22.3 Å². The maximum absolute atomic E-state index is 11.6. The molecule has 6 aromatic rings. The minimum atomic E-state index is -0.128. The molecule has 0 aliphatic rings. The molecule has 0 atom stereocenters. The molecule has 0 aliphatic carbocycles. The summed E-state index contributed by atoms with van der Waals surface area (Å²) in [6.07, 6.45) is 15.6.